The van der Waals surface area contributed by atoms with E-state index in [9.17, 15) is 14.7 Å². The molecule has 0 aromatic carbocycles. The van der Waals surface area contributed by atoms with Gasteiger partial charge in [-0.15, -0.1) is 0 Å². The van der Waals surface area contributed by atoms with Gasteiger partial charge < -0.3 is 10.2 Å². The molecular formula is C20H38O4. The summed E-state index contributed by atoms with van der Waals surface area (Å²) in [6.07, 6.45) is 11.9. The Balaban J connectivity index is 4.42. The number of unbranched alkanes of at least 4 members (excludes halogenated alkanes) is 6. The number of carbonyl (C=O) groups is 2. The van der Waals surface area contributed by atoms with Gasteiger partial charge in [0.2, 0.25) is 0 Å². The highest BCUT2D eigenvalue weighted by molar-refractivity contribution is 5.71. The quantitative estimate of drug-likeness (QED) is 0.343. The zero-order valence-electron chi connectivity index (χ0n) is 16.0. The SMILES string of the molecule is CCCCCC(CC)(CC)C(CCCCCCCC(=O)O)C(=O)O. The number of hydrogen-bond acceptors (Lipinski definition) is 2. The van der Waals surface area contributed by atoms with Gasteiger partial charge in [0.15, 0.2) is 0 Å². The van der Waals surface area contributed by atoms with Gasteiger partial charge in [-0.3, -0.25) is 9.59 Å². The molecule has 0 aromatic rings. The summed E-state index contributed by atoms with van der Waals surface area (Å²) in [6, 6.07) is 0. The second-order valence-electron chi connectivity index (χ2n) is 7.12. The van der Waals surface area contributed by atoms with Crippen molar-refractivity contribution in [2.45, 2.75) is 104 Å². The Morgan fingerprint density at radius 1 is 0.833 bits per heavy atom. The summed E-state index contributed by atoms with van der Waals surface area (Å²) >= 11 is 0. The molecule has 4 nitrogen and oxygen atoms in total. The molecule has 1 unspecified atom stereocenters. The van der Waals surface area contributed by atoms with Gasteiger partial charge in [-0.1, -0.05) is 65.7 Å². The van der Waals surface area contributed by atoms with Crippen molar-refractivity contribution in [3.8, 4) is 0 Å². The first-order valence-electron chi connectivity index (χ1n) is 9.88. The van der Waals surface area contributed by atoms with E-state index >= 15 is 0 Å². The average Bonchev–Trinajstić information content (AvgIpc) is 2.55. The van der Waals surface area contributed by atoms with Crippen LogP contribution >= 0.6 is 0 Å². The highest BCUT2D eigenvalue weighted by atomic mass is 16.4. The van der Waals surface area contributed by atoms with Gasteiger partial charge in [0, 0.05) is 6.42 Å². The first-order chi connectivity index (χ1) is 11.4. The Bertz CT molecular complexity index is 348. The molecule has 0 saturated heterocycles. The lowest BCUT2D eigenvalue weighted by molar-refractivity contribution is -0.148. The summed E-state index contributed by atoms with van der Waals surface area (Å²) in [7, 11) is 0. The van der Waals surface area contributed by atoms with Crippen molar-refractivity contribution in [3.05, 3.63) is 0 Å². The van der Waals surface area contributed by atoms with Crippen LogP contribution in [0, 0.1) is 11.3 Å². The van der Waals surface area contributed by atoms with Crippen LogP contribution in [0.25, 0.3) is 0 Å². The number of carboxylic acid groups (broad SMARTS) is 2. The summed E-state index contributed by atoms with van der Waals surface area (Å²) in [6.45, 7) is 6.45. The fourth-order valence-corrected chi connectivity index (χ4v) is 3.84. The molecule has 24 heavy (non-hydrogen) atoms. The Kier molecular flexibility index (Phi) is 12.7. The van der Waals surface area contributed by atoms with E-state index in [-0.39, 0.29) is 17.8 Å². The predicted octanol–water partition coefficient (Wildman–Crippen LogP) is 5.89. The normalized spacial score (nSPS) is 13.0. The summed E-state index contributed by atoms with van der Waals surface area (Å²) in [5.74, 6) is -1.62. The maximum absolute atomic E-state index is 11.9. The fourth-order valence-electron chi connectivity index (χ4n) is 3.84. The van der Waals surface area contributed by atoms with Gasteiger partial charge in [-0.05, 0) is 37.5 Å². The number of aliphatic carboxylic acids is 2. The lowest BCUT2D eigenvalue weighted by Crippen LogP contribution is -2.35. The first-order valence-corrected chi connectivity index (χ1v) is 9.88. The predicted molar refractivity (Wildman–Crippen MR) is 98.2 cm³/mol. The first kappa shape index (κ1) is 22.9. The Morgan fingerprint density at radius 3 is 1.92 bits per heavy atom. The van der Waals surface area contributed by atoms with Crippen molar-refractivity contribution < 1.29 is 19.8 Å². The zero-order valence-corrected chi connectivity index (χ0v) is 16.0. The third-order valence-corrected chi connectivity index (χ3v) is 5.61. The van der Waals surface area contributed by atoms with Gasteiger partial charge in [0.25, 0.3) is 0 Å². The summed E-state index contributed by atoms with van der Waals surface area (Å²) in [4.78, 5) is 22.3. The minimum Gasteiger partial charge on any atom is -0.481 e. The summed E-state index contributed by atoms with van der Waals surface area (Å²) < 4.78 is 0. The maximum atomic E-state index is 11.9. The molecule has 142 valence electrons. The second-order valence-corrected chi connectivity index (χ2v) is 7.12. The fraction of sp³-hybridized carbons (Fsp3) is 0.900. The van der Waals surface area contributed by atoms with E-state index < -0.39 is 11.9 Å². The molecule has 0 fully saturated rings. The van der Waals surface area contributed by atoms with Crippen molar-refractivity contribution in [2.75, 3.05) is 0 Å². The molecule has 0 heterocycles. The molecule has 0 rings (SSSR count). The third kappa shape index (κ3) is 8.70. The van der Waals surface area contributed by atoms with Crippen LogP contribution in [-0.4, -0.2) is 22.2 Å². The molecular weight excluding hydrogens is 304 g/mol. The van der Waals surface area contributed by atoms with Crippen molar-refractivity contribution in [2.24, 2.45) is 11.3 Å². The van der Waals surface area contributed by atoms with Crippen LogP contribution in [0.1, 0.15) is 104 Å². The number of carboxylic acids is 2. The Labute approximate surface area is 148 Å². The number of hydrogen-bond donors (Lipinski definition) is 2. The van der Waals surface area contributed by atoms with Crippen molar-refractivity contribution >= 4 is 11.9 Å². The molecule has 4 heteroatoms. The highest BCUT2D eigenvalue weighted by Crippen LogP contribution is 2.43. The summed E-state index contributed by atoms with van der Waals surface area (Å²) in [5.41, 5.74) is -0.0652. The molecule has 0 aliphatic heterocycles. The van der Waals surface area contributed by atoms with Crippen LogP contribution in [0.2, 0.25) is 0 Å². The van der Waals surface area contributed by atoms with Gasteiger partial charge in [0.05, 0.1) is 5.92 Å². The second kappa shape index (κ2) is 13.3. The van der Waals surface area contributed by atoms with E-state index in [0.717, 1.165) is 70.6 Å². The Hall–Kier alpha value is -1.06. The molecule has 1 atom stereocenters. The number of rotatable bonds is 16. The minimum absolute atomic E-state index is 0.0652. The van der Waals surface area contributed by atoms with Gasteiger partial charge in [0.1, 0.15) is 0 Å². The van der Waals surface area contributed by atoms with E-state index in [4.69, 9.17) is 5.11 Å². The van der Waals surface area contributed by atoms with Crippen LogP contribution in [-0.2, 0) is 9.59 Å². The molecule has 0 aromatic heterocycles. The molecule has 0 bridgehead atoms. The molecule has 0 aliphatic rings. The monoisotopic (exact) mass is 342 g/mol. The van der Waals surface area contributed by atoms with Crippen LogP contribution in [0.5, 0.6) is 0 Å². The lowest BCUT2D eigenvalue weighted by Gasteiger charge is -2.38. The van der Waals surface area contributed by atoms with E-state index in [1.54, 1.807) is 0 Å². The highest BCUT2D eigenvalue weighted by Gasteiger charge is 2.39. The van der Waals surface area contributed by atoms with Crippen LogP contribution in [0.4, 0.5) is 0 Å². The van der Waals surface area contributed by atoms with E-state index in [0.29, 0.717) is 0 Å². The molecule has 0 saturated carbocycles. The molecule has 0 amide bonds. The smallest absolute Gasteiger partial charge is 0.307 e. The van der Waals surface area contributed by atoms with Gasteiger partial charge >= 0.3 is 11.9 Å². The standard InChI is InChI=1S/C20H38O4/c1-4-7-13-16-20(5-2,6-3)17(19(23)24)14-11-9-8-10-12-15-18(21)22/h17H,4-16H2,1-3H3,(H,21,22)(H,23,24). The third-order valence-electron chi connectivity index (χ3n) is 5.61. The van der Waals surface area contributed by atoms with E-state index in [1.165, 1.54) is 6.42 Å². The van der Waals surface area contributed by atoms with Crippen molar-refractivity contribution in [1.82, 2.24) is 0 Å². The molecule has 0 radical (unpaired) electrons. The molecule has 2 N–H and O–H groups in total. The lowest BCUT2D eigenvalue weighted by atomic mass is 9.66. The van der Waals surface area contributed by atoms with Crippen LogP contribution in [0.3, 0.4) is 0 Å². The maximum Gasteiger partial charge on any atom is 0.307 e. The zero-order chi connectivity index (χ0) is 18.4. The van der Waals surface area contributed by atoms with E-state index in [1.807, 2.05) is 0 Å². The molecule has 0 spiro atoms. The summed E-state index contributed by atoms with van der Waals surface area (Å²) in [5, 5.41) is 18.4. The van der Waals surface area contributed by atoms with Gasteiger partial charge in [-0.2, -0.15) is 0 Å². The van der Waals surface area contributed by atoms with Crippen molar-refractivity contribution in [3.63, 3.8) is 0 Å². The molecule has 0 aliphatic carbocycles. The Morgan fingerprint density at radius 2 is 1.42 bits per heavy atom. The minimum atomic E-state index is -0.733. The van der Waals surface area contributed by atoms with E-state index in [2.05, 4.69) is 20.8 Å². The van der Waals surface area contributed by atoms with Crippen LogP contribution < -0.4 is 0 Å². The largest absolute Gasteiger partial charge is 0.481 e. The van der Waals surface area contributed by atoms with Crippen molar-refractivity contribution in [1.29, 1.82) is 0 Å². The average molecular weight is 343 g/mol. The van der Waals surface area contributed by atoms with Crippen LogP contribution in [0.15, 0.2) is 0 Å². The van der Waals surface area contributed by atoms with Gasteiger partial charge in [-0.25, -0.2) is 0 Å². The topological polar surface area (TPSA) is 74.6 Å².